The van der Waals surface area contributed by atoms with Crippen molar-refractivity contribution >= 4 is 29.9 Å². The third-order valence-corrected chi connectivity index (χ3v) is 2.89. The zero-order valence-electron chi connectivity index (χ0n) is 13.1. The second-order valence-corrected chi connectivity index (χ2v) is 4.67. The number of ether oxygens (including phenoxy) is 1. The third kappa shape index (κ3) is 10.5. The summed E-state index contributed by atoms with van der Waals surface area (Å²) < 4.78 is 5.64. The summed E-state index contributed by atoms with van der Waals surface area (Å²) in [5.74, 6) is 0.886. The lowest BCUT2D eigenvalue weighted by molar-refractivity contribution is 0.117. The quantitative estimate of drug-likeness (QED) is 0.287. The monoisotopic (exact) mass is 405 g/mol. The maximum atomic E-state index is 5.64. The fraction of sp³-hybridized carbons (Fsp3) is 0.562. The first-order chi connectivity index (χ1) is 9.86. The van der Waals surface area contributed by atoms with Crippen molar-refractivity contribution in [3.8, 4) is 0 Å². The van der Waals surface area contributed by atoms with Crippen LogP contribution in [0, 0.1) is 0 Å². The minimum Gasteiger partial charge on any atom is -0.377 e. The molecule has 4 nitrogen and oxygen atoms in total. The van der Waals surface area contributed by atoms with Gasteiger partial charge in [0.05, 0.1) is 6.61 Å². The number of nitrogens with zero attached hydrogens (tertiary/aromatic N) is 1. The van der Waals surface area contributed by atoms with Crippen molar-refractivity contribution in [2.45, 2.75) is 32.8 Å². The van der Waals surface area contributed by atoms with Crippen LogP contribution in [0.25, 0.3) is 0 Å². The number of nitrogens with one attached hydrogen (secondary N) is 2. The van der Waals surface area contributed by atoms with Crippen LogP contribution in [0.2, 0.25) is 0 Å². The maximum absolute atomic E-state index is 5.64. The lowest BCUT2D eigenvalue weighted by atomic mass is 10.2. The first-order valence-electron chi connectivity index (χ1n) is 7.43. The van der Waals surface area contributed by atoms with E-state index < -0.39 is 0 Å². The van der Waals surface area contributed by atoms with E-state index in [0.717, 1.165) is 44.9 Å². The summed E-state index contributed by atoms with van der Waals surface area (Å²) in [6.45, 7) is 5.54. The maximum Gasteiger partial charge on any atom is 0.190 e. The molecule has 0 aliphatic rings. The molecule has 120 valence electrons. The number of rotatable bonds is 9. The molecule has 1 rings (SSSR count). The van der Waals surface area contributed by atoms with Gasteiger partial charge in [0.1, 0.15) is 0 Å². The molecule has 0 bridgehead atoms. The van der Waals surface area contributed by atoms with Crippen molar-refractivity contribution in [3.05, 3.63) is 35.9 Å². The van der Waals surface area contributed by atoms with E-state index in [1.807, 2.05) is 18.2 Å². The summed E-state index contributed by atoms with van der Waals surface area (Å²) in [7, 11) is 1.80. The van der Waals surface area contributed by atoms with Crippen LogP contribution in [-0.2, 0) is 11.3 Å². The smallest absolute Gasteiger partial charge is 0.190 e. The zero-order chi connectivity index (χ0) is 14.5. The molecule has 0 aliphatic heterocycles. The van der Waals surface area contributed by atoms with Gasteiger partial charge in [-0.3, -0.25) is 4.99 Å². The number of hydrogen-bond acceptors (Lipinski definition) is 2. The van der Waals surface area contributed by atoms with Crippen LogP contribution in [-0.4, -0.2) is 32.7 Å². The van der Waals surface area contributed by atoms with E-state index in [-0.39, 0.29) is 24.0 Å². The molecule has 0 fully saturated rings. The number of aliphatic imine (C=N–C) groups is 1. The van der Waals surface area contributed by atoms with Crippen molar-refractivity contribution in [2.24, 2.45) is 4.99 Å². The van der Waals surface area contributed by atoms with Gasteiger partial charge in [-0.05, 0) is 24.8 Å². The highest BCUT2D eigenvalue weighted by molar-refractivity contribution is 14.0. The summed E-state index contributed by atoms with van der Waals surface area (Å²) >= 11 is 0. The van der Waals surface area contributed by atoms with Gasteiger partial charge in [0, 0.05) is 26.7 Å². The predicted molar refractivity (Wildman–Crippen MR) is 100 cm³/mol. The Morgan fingerprint density at radius 3 is 2.48 bits per heavy atom. The molecule has 0 amide bonds. The Morgan fingerprint density at radius 1 is 1.10 bits per heavy atom. The number of guanidine groups is 1. The van der Waals surface area contributed by atoms with Gasteiger partial charge in [-0.15, -0.1) is 24.0 Å². The van der Waals surface area contributed by atoms with Gasteiger partial charge in [-0.2, -0.15) is 0 Å². The van der Waals surface area contributed by atoms with Gasteiger partial charge in [0.25, 0.3) is 0 Å². The van der Waals surface area contributed by atoms with Gasteiger partial charge in [-0.25, -0.2) is 0 Å². The van der Waals surface area contributed by atoms with Crippen molar-refractivity contribution in [2.75, 3.05) is 26.7 Å². The van der Waals surface area contributed by atoms with Gasteiger partial charge < -0.3 is 15.4 Å². The van der Waals surface area contributed by atoms with E-state index in [1.165, 1.54) is 5.56 Å². The van der Waals surface area contributed by atoms with E-state index in [1.54, 1.807) is 7.05 Å². The number of hydrogen-bond donors (Lipinski definition) is 2. The average molecular weight is 405 g/mol. The second kappa shape index (κ2) is 14.1. The number of halogens is 1. The van der Waals surface area contributed by atoms with Crippen molar-refractivity contribution in [1.29, 1.82) is 0 Å². The SMILES string of the molecule is CCCNC(=NC)NCCCCOCc1ccccc1.I. The standard InChI is InChI=1S/C16H27N3O.HI/c1-3-11-18-16(17-2)19-12-7-8-13-20-14-15-9-5-4-6-10-15;/h4-6,9-10H,3,7-8,11-14H2,1-2H3,(H2,17,18,19);1H. The summed E-state index contributed by atoms with van der Waals surface area (Å²) in [4.78, 5) is 4.16. The summed E-state index contributed by atoms with van der Waals surface area (Å²) in [6.07, 6.45) is 3.25. The molecule has 0 saturated carbocycles. The minimum atomic E-state index is 0. The van der Waals surface area contributed by atoms with Crippen LogP contribution in [0.1, 0.15) is 31.7 Å². The molecule has 0 heterocycles. The Hall–Kier alpha value is -0.820. The van der Waals surface area contributed by atoms with Gasteiger partial charge in [-0.1, -0.05) is 37.3 Å². The second-order valence-electron chi connectivity index (χ2n) is 4.67. The molecular formula is C16H28IN3O. The van der Waals surface area contributed by atoms with Crippen LogP contribution in [0.5, 0.6) is 0 Å². The Kier molecular flexibility index (Phi) is 13.6. The molecule has 21 heavy (non-hydrogen) atoms. The Bertz CT molecular complexity index is 371. The van der Waals surface area contributed by atoms with Crippen LogP contribution in [0.4, 0.5) is 0 Å². The highest BCUT2D eigenvalue weighted by Crippen LogP contribution is 2.01. The topological polar surface area (TPSA) is 45.7 Å². The molecule has 0 spiro atoms. The fourth-order valence-corrected chi connectivity index (χ4v) is 1.76. The Morgan fingerprint density at radius 2 is 1.81 bits per heavy atom. The molecule has 0 saturated heterocycles. The summed E-state index contributed by atoms with van der Waals surface area (Å²) in [5.41, 5.74) is 1.23. The van der Waals surface area contributed by atoms with Crippen molar-refractivity contribution in [1.82, 2.24) is 10.6 Å². The normalized spacial score (nSPS) is 10.9. The molecular weight excluding hydrogens is 377 g/mol. The predicted octanol–water partition coefficient (Wildman–Crippen LogP) is 3.18. The molecule has 0 radical (unpaired) electrons. The molecule has 0 aliphatic carbocycles. The fourth-order valence-electron chi connectivity index (χ4n) is 1.76. The number of benzene rings is 1. The highest BCUT2D eigenvalue weighted by Gasteiger charge is 1.96. The van der Waals surface area contributed by atoms with E-state index in [0.29, 0.717) is 6.61 Å². The molecule has 2 N–H and O–H groups in total. The molecule has 5 heteroatoms. The van der Waals surface area contributed by atoms with E-state index in [9.17, 15) is 0 Å². The molecule has 1 aromatic carbocycles. The zero-order valence-corrected chi connectivity index (χ0v) is 15.4. The minimum absolute atomic E-state index is 0. The van der Waals surface area contributed by atoms with Crippen LogP contribution < -0.4 is 10.6 Å². The Balaban J connectivity index is 0.00000400. The van der Waals surface area contributed by atoms with E-state index in [4.69, 9.17) is 4.74 Å². The molecule has 1 aromatic rings. The van der Waals surface area contributed by atoms with Crippen molar-refractivity contribution in [3.63, 3.8) is 0 Å². The number of unbranched alkanes of at least 4 members (excludes halogenated alkanes) is 1. The Labute approximate surface area is 145 Å². The summed E-state index contributed by atoms with van der Waals surface area (Å²) in [6, 6.07) is 10.3. The van der Waals surface area contributed by atoms with Gasteiger partial charge in [0.15, 0.2) is 5.96 Å². The molecule has 0 atom stereocenters. The highest BCUT2D eigenvalue weighted by atomic mass is 127. The molecule has 0 unspecified atom stereocenters. The van der Waals surface area contributed by atoms with Crippen molar-refractivity contribution < 1.29 is 4.74 Å². The first-order valence-corrected chi connectivity index (χ1v) is 7.43. The van der Waals surface area contributed by atoms with Crippen LogP contribution >= 0.6 is 24.0 Å². The van der Waals surface area contributed by atoms with Gasteiger partial charge in [0.2, 0.25) is 0 Å². The first kappa shape index (κ1) is 20.2. The lowest BCUT2D eigenvalue weighted by Crippen LogP contribution is -2.38. The summed E-state index contributed by atoms with van der Waals surface area (Å²) in [5, 5.41) is 6.55. The largest absolute Gasteiger partial charge is 0.377 e. The van der Waals surface area contributed by atoms with Crippen LogP contribution in [0.15, 0.2) is 35.3 Å². The van der Waals surface area contributed by atoms with E-state index >= 15 is 0 Å². The van der Waals surface area contributed by atoms with E-state index in [2.05, 4.69) is 34.7 Å². The lowest BCUT2D eigenvalue weighted by Gasteiger charge is -2.11. The average Bonchev–Trinajstić information content (AvgIpc) is 2.50. The third-order valence-electron chi connectivity index (χ3n) is 2.89. The van der Waals surface area contributed by atoms with Crippen LogP contribution in [0.3, 0.4) is 0 Å². The molecule has 0 aromatic heterocycles. The van der Waals surface area contributed by atoms with Gasteiger partial charge >= 0.3 is 0 Å².